The third kappa shape index (κ3) is 12.9. The summed E-state index contributed by atoms with van der Waals surface area (Å²) in [4.78, 5) is 36.3. The Kier molecular flexibility index (Phi) is 19.3. The Bertz CT molecular complexity index is 2410. The third-order valence-corrected chi connectivity index (χ3v) is 13.4. The molecular weight excluding hydrogens is 907 g/mol. The molecule has 0 aromatic heterocycles. The van der Waals surface area contributed by atoms with Gasteiger partial charge in [0.25, 0.3) is 0 Å². The summed E-state index contributed by atoms with van der Waals surface area (Å²) < 4.78 is 43.3. The van der Waals surface area contributed by atoms with E-state index in [1.54, 1.807) is 48.4 Å². The number of carbonyl (C=O) groups is 2. The molecule has 4 aromatic carbocycles. The van der Waals surface area contributed by atoms with Crippen molar-refractivity contribution in [2.24, 2.45) is 22.9 Å². The number of aliphatic hydroxyl groups excluding tert-OH is 2. The zero-order valence-corrected chi connectivity index (χ0v) is 41.2. The Hall–Kier alpha value is -6.39. The molecule has 1 saturated carbocycles. The van der Waals surface area contributed by atoms with Crippen LogP contribution in [0.3, 0.4) is 0 Å². The predicted molar refractivity (Wildman–Crippen MR) is 270 cm³/mol. The molecule has 0 radical (unpaired) electrons. The number of rotatable bonds is 26. The number of hydrogen-bond donors (Lipinski definition) is 3. The van der Waals surface area contributed by atoms with E-state index in [0.717, 1.165) is 47.9 Å². The monoisotopic (exact) mass is 975 g/mol. The lowest BCUT2D eigenvalue weighted by molar-refractivity contribution is -0.255. The van der Waals surface area contributed by atoms with E-state index in [4.69, 9.17) is 43.2 Å². The molecule has 0 saturated heterocycles. The van der Waals surface area contributed by atoms with Crippen LogP contribution in [0.25, 0.3) is 0 Å². The molecule has 6 unspecified atom stereocenters. The van der Waals surface area contributed by atoms with Crippen LogP contribution in [0.4, 0.5) is 15.3 Å². The summed E-state index contributed by atoms with van der Waals surface area (Å²) in [5.41, 5.74) is 4.65. The second-order valence-electron chi connectivity index (χ2n) is 18.0. The number of anilines is 1. The fraction of sp³-hybridized carbons (Fsp3) is 0.446. The van der Waals surface area contributed by atoms with Crippen LogP contribution in [-0.4, -0.2) is 98.6 Å². The molecule has 1 fully saturated rings. The molecule has 3 N–H and O–H groups in total. The molecule has 380 valence electrons. The van der Waals surface area contributed by atoms with Gasteiger partial charge in [-0.2, -0.15) is 0 Å². The molecule has 71 heavy (non-hydrogen) atoms. The standard InChI is InChI=1S/C56H69N3O12/c1-5-27-59(55(63)67-32-31-66-37-39-17-9-7-10-18-39)51-36-48(58-69-38-40-19-11-8-12-20-40)45-33-41(21-13-15-28-60)44(22-14-16-29-61)52-46-34-43(24-26-49(46)71-56(51,53(45)52)68-30-6-2)70-54(62)57-47-25-23-42(64-3)35-50(47)65-4/h6-12,17-20,23-26,33-35,41,44,51-53,60-61H,2,5,13-16,21-22,27-32,36-38H2,1,3-4H3,(H,57,62). The summed E-state index contributed by atoms with van der Waals surface area (Å²) in [5, 5.41) is 27.8. The minimum absolute atomic E-state index is 0.0153. The maximum Gasteiger partial charge on any atom is 0.417 e. The van der Waals surface area contributed by atoms with Crippen LogP contribution in [0.1, 0.15) is 80.9 Å². The maximum absolute atomic E-state index is 14.7. The van der Waals surface area contributed by atoms with Gasteiger partial charge in [0.15, 0.2) is 0 Å². The summed E-state index contributed by atoms with van der Waals surface area (Å²) in [6.45, 7) is 7.34. The van der Waals surface area contributed by atoms with Gasteiger partial charge in [-0.25, -0.2) is 9.59 Å². The van der Waals surface area contributed by atoms with Crippen LogP contribution in [0.2, 0.25) is 0 Å². The van der Waals surface area contributed by atoms with Crippen LogP contribution < -0.4 is 24.3 Å². The average molecular weight is 976 g/mol. The van der Waals surface area contributed by atoms with Crippen molar-refractivity contribution < 1.29 is 57.8 Å². The summed E-state index contributed by atoms with van der Waals surface area (Å²) >= 11 is 0. The molecule has 1 aliphatic heterocycles. The largest absolute Gasteiger partial charge is 0.497 e. The Balaban J connectivity index is 1.33. The van der Waals surface area contributed by atoms with Gasteiger partial charge in [0.2, 0.25) is 5.79 Å². The van der Waals surface area contributed by atoms with E-state index < -0.39 is 29.9 Å². The lowest BCUT2D eigenvalue weighted by Gasteiger charge is -2.59. The lowest BCUT2D eigenvalue weighted by atomic mass is 9.55. The van der Waals surface area contributed by atoms with Crippen molar-refractivity contribution in [3.05, 3.63) is 138 Å². The van der Waals surface area contributed by atoms with Crippen molar-refractivity contribution in [2.45, 2.75) is 89.3 Å². The highest BCUT2D eigenvalue weighted by Crippen LogP contribution is 2.62. The third-order valence-electron chi connectivity index (χ3n) is 13.4. The van der Waals surface area contributed by atoms with E-state index in [2.05, 4.69) is 18.0 Å². The first-order chi connectivity index (χ1) is 34.8. The molecular formula is C56H69N3O12. The summed E-state index contributed by atoms with van der Waals surface area (Å²) in [6, 6.07) is 29.2. The Morgan fingerprint density at radius 1 is 0.873 bits per heavy atom. The molecule has 3 aliphatic rings. The number of ether oxygens (including phenoxy) is 7. The molecule has 0 spiro atoms. The van der Waals surface area contributed by atoms with E-state index in [9.17, 15) is 19.8 Å². The minimum atomic E-state index is -1.51. The molecule has 1 heterocycles. The molecule has 6 atom stereocenters. The first-order valence-corrected chi connectivity index (χ1v) is 24.8. The average Bonchev–Trinajstić information content (AvgIpc) is 3.39. The van der Waals surface area contributed by atoms with Crippen LogP contribution in [0.15, 0.2) is 127 Å². The number of aliphatic hydroxyl groups is 2. The number of allylic oxidation sites excluding steroid dienone is 1. The SMILES string of the molecule is C=CCOC12Oc3ccc(OC(=O)Nc4ccc(OC)cc4OC)cc3C3C(CCCCO)C(CCCCO)C=C(C(=NOCc4ccccc4)CC1N(CCC)C(=O)OCCOCc1ccccc1)C32. The molecule has 4 aromatic rings. The van der Waals surface area contributed by atoms with Crippen molar-refractivity contribution in [3.63, 3.8) is 0 Å². The van der Waals surface area contributed by atoms with Gasteiger partial charge in [-0.3, -0.25) is 10.2 Å². The lowest BCUT2D eigenvalue weighted by Crippen LogP contribution is -2.70. The van der Waals surface area contributed by atoms with Gasteiger partial charge in [0.05, 0.1) is 51.4 Å². The minimum Gasteiger partial charge on any atom is -0.497 e. The highest BCUT2D eigenvalue weighted by atomic mass is 16.7. The zero-order valence-electron chi connectivity index (χ0n) is 41.2. The van der Waals surface area contributed by atoms with Crippen LogP contribution in [-0.2, 0) is 32.3 Å². The Morgan fingerprint density at radius 2 is 1.59 bits per heavy atom. The quantitative estimate of drug-likeness (QED) is 0.0309. The topological polar surface area (TPSA) is 176 Å². The fourth-order valence-corrected chi connectivity index (χ4v) is 10.3. The van der Waals surface area contributed by atoms with E-state index in [1.807, 2.05) is 73.7 Å². The van der Waals surface area contributed by atoms with Crippen LogP contribution >= 0.6 is 0 Å². The summed E-state index contributed by atoms with van der Waals surface area (Å²) in [6.07, 6.45) is 7.68. The van der Waals surface area contributed by atoms with E-state index in [1.165, 1.54) is 7.11 Å². The highest BCUT2D eigenvalue weighted by molar-refractivity contribution is 6.03. The van der Waals surface area contributed by atoms with Gasteiger partial charge in [-0.15, -0.1) is 6.58 Å². The number of methoxy groups -OCH3 is 2. The number of carbonyl (C=O) groups excluding carboxylic acids is 2. The molecule has 15 heteroatoms. The number of nitrogens with zero attached hydrogens (tertiary/aromatic N) is 2. The van der Waals surface area contributed by atoms with Gasteiger partial charge < -0.3 is 48.2 Å². The maximum atomic E-state index is 14.7. The van der Waals surface area contributed by atoms with E-state index in [0.29, 0.717) is 61.1 Å². The number of fused-ring (bicyclic) bond motifs is 2. The normalized spacial score (nSPS) is 21.4. The number of oxime groups is 1. The fourth-order valence-electron chi connectivity index (χ4n) is 10.3. The molecule has 7 rings (SSSR count). The molecule has 2 amide bonds. The van der Waals surface area contributed by atoms with Crippen molar-refractivity contribution in [3.8, 4) is 23.0 Å². The number of nitrogens with one attached hydrogen (secondary N) is 1. The second-order valence-corrected chi connectivity index (χ2v) is 18.0. The van der Waals surface area contributed by atoms with Gasteiger partial charge in [-0.1, -0.05) is 97.7 Å². The predicted octanol–water partition coefficient (Wildman–Crippen LogP) is 10.2. The molecule has 2 aliphatic carbocycles. The smallest absolute Gasteiger partial charge is 0.417 e. The van der Waals surface area contributed by atoms with Crippen molar-refractivity contribution in [2.75, 3.05) is 59.1 Å². The van der Waals surface area contributed by atoms with E-state index in [-0.39, 0.29) is 69.6 Å². The molecule has 15 nitrogen and oxygen atoms in total. The summed E-state index contributed by atoms with van der Waals surface area (Å²) in [5.74, 6) is -0.795. The van der Waals surface area contributed by atoms with Gasteiger partial charge in [0, 0.05) is 43.7 Å². The number of amides is 2. The second kappa shape index (κ2) is 26.2. The first kappa shape index (κ1) is 52.4. The summed E-state index contributed by atoms with van der Waals surface area (Å²) in [7, 11) is 3.05. The Morgan fingerprint density at radius 3 is 2.28 bits per heavy atom. The van der Waals surface area contributed by atoms with Gasteiger partial charge in [-0.05, 0) is 91.0 Å². The Labute approximate surface area is 417 Å². The number of hydrogen-bond acceptors (Lipinski definition) is 13. The number of unbranched alkanes of at least 4 members (excludes halogenated alkanes) is 2. The van der Waals surface area contributed by atoms with Crippen molar-refractivity contribution in [1.29, 1.82) is 0 Å². The first-order valence-electron chi connectivity index (χ1n) is 24.8. The highest BCUT2D eigenvalue weighted by Gasteiger charge is 2.65. The van der Waals surface area contributed by atoms with Crippen LogP contribution in [0.5, 0.6) is 23.0 Å². The van der Waals surface area contributed by atoms with Gasteiger partial charge >= 0.3 is 12.2 Å². The van der Waals surface area contributed by atoms with Crippen LogP contribution in [0, 0.1) is 17.8 Å². The van der Waals surface area contributed by atoms with Crippen molar-refractivity contribution >= 4 is 23.6 Å². The van der Waals surface area contributed by atoms with Crippen molar-refractivity contribution in [1.82, 2.24) is 4.90 Å². The zero-order chi connectivity index (χ0) is 50.0. The van der Waals surface area contributed by atoms with E-state index >= 15 is 0 Å². The molecule has 0 bridgehead atoms. The number of benzene rings is 4. The van der Waals surface area contributed by atoms with Gasteiger partial charge in [0.1, 0.15) is 42.3 Å².